The summed E-state index contributed by atoms with van der Waals surface area (Å²) in [5.74, 6) is -0.384. The summed E-state index contributed by atoms with van der Waals surface area (Å²) >= 11 is 0. The first-order valence-electron chi connectivity index (χ1n) is 13.5. The number of alkyl halides is 6. The van der Waals surface area contributed by atoms with Crippen LogP contribution in [-0.2, 0) is 22.6 Å². The summed E-state index contributed by atoms with van der Waals surface area (Å²) in [5.41, 5.74) is -3.00. The third-order valence-corrected chi connectivity index (χ3v) is 7.11. The molecule has 2 unspecified atom stereocenters. The van der Waals surface area contributed by atoms with Crippen molar-refractivity contribution in [3.63, 3.8) is 0 Å². The van der Waals surface area contributed by atoms with Crippen LogP contribution in [0.15, 0.2) is 54.7 Å². The summed E-state index contributed by atoms with van der Waals surface area (Å²) in [5, 5.41) is 20.1. The monoisotopic (exact) mass is 611 g/mol. The number of likely N-dealkylation sites (N-methyl/N-ethyl adjacent to an activating group) is 1. The van der Waals surface area contributed by atoms with E-state index in [4.69, 9.17) is 0 Å². The van der Waals surface area contributed by atoms with Crippen molar-refractivity contribution in [2.45, 2.75) is 64.6 Å². The fraction of sp³-hybridized carbons (Fsp3) is 0.419. The van der Waals surface area contributed by atoms with E-state index in [0.717, 1.165) is 5.56 Å². The van der Waals surface area contributed by atoms with Gasteiger partial charge in [-0.1, -0.05) is 24.3 Å². The largest absolute Gasteiger partial charge is 0.416 e. The number of halogens is 6. The maximum absolute atomic E-state index is 13.9. The number of aliphatic hydroxyl groups excluding tert-OH is 2. The van der Waals surface area contributed by atoms with Gasteiger partial charge < -0.3 is 20.0 Å². The molecule has 0 spiro atoms. The predicted octanol–water partition coefficient (Wildman–Crippen LogP) is 6.60. The Hall–Kier alpha value is -3.64. The molecule has 0 radical (unpaired) electrons. The van der Waals surface area contributed by atoms with Gasteiger partial charge in [-0.25, -0.2) is 4.98 Å². The summed E-state index contributed by atoms with van der Waals surface area (Å²) in [6.07, 6.45) is -10.3. The summed E-state index contributed by atoms with van der Waals surface area (Å²) in [7, 11) is 1.38. The molecule has 0 fully saturated rings. The number of aliphatic hydroxyl groups is 2. The first kappa shape index (κ1) is 33.9. The summed E-state index contributed by atoms with van der Waals surface area (Å²) in [4.78, 5) is 21.2. The van der Waals surface area contributed by atoms with Gasteiger partial charge >= 0.3 is 12.4 Å². The number of aryl methyl sites for hydroxylation is 1. The highest BCUT2D eigenvalue weighted by atomic mass is 19.4. The van der Waals surface area contributed by atoms with Crippen LogP contribution in [0.4, 0.5) is 37.8 Å². The first-order valence-corrected chi connectivity index (χ1v) is 13.5. The van der Waals surface area contributed by atoms with E-state index in [1.165, 1.54) is 32.0 Å². The lowest BCUT2D eigenvalue weighted by molar-refractivity contribution is -0.143. The van der Waals surface area contributed by atoms with E-state index >= 15 is 0 Å². The van der Waals surface area contributed by atoms with Gasteiger partial charge in [-0.3, -0.25) is 4.79 Å². The number of hydrogen-bond acceptors (Lipinski definition) is 5. The van der Waals surface area contributed by atoms with Crippen molar-refractivity contribution in [1.29, 1.82) is 0 Å². The quantitative estimate of drug-likeness (QED) is 0.267. The Balaban J connectivity index is 2.18. The molecule has 1 amide bonds. The lowest BCUT2D eigenvalue weighted by Crippen LogP contribution is -2.42. The molecule has 3 rings (SSSR count). The molecule has 1 aromatic heterocycles. The highest BCUT2D eigenvalue weighted by molar-refractivity contribution is 6.03. The molecule has 234 valence electrons. The topological polar surface area (TPSA) is 76.9 Å². The molecule has 0 saturated carbocycles. The van der Waals surface area contributed by atoms with Gasteiger partial charge in [0.25, 0.3) is 0 Å². The zero-order valence-corrected chi connectivity index (χ0v) is 24.7. The molecule has 0 bridgehead atoms. The van der Waals surface area contributed by atoms with Crippen LogP contribution in [0.5, 0.6) is 0 Å². The van der Waals surface area contributed by atoms with Gasteiger partial charge in [-0.05, 0) is 75.6 Å². The summed E-state index contributed by atoms with van der Waals surface area (Å²) in [6.45, 7) is 7.83. The average Bonchev–Trinajstić information content (AvgIpc) is 2.90. The lowest BCUT2D eigenvalue weighted by atomic mass is 9.81. The zero-order chi connectivity index (χ0) is 32.5. The van der Waals surface area contributed by atoms with E-state index in [1.807, 2.05) is 19.1 Å². The molecule has 0 aliphatic heterocycles. The van der Waals surface area contributed by atoms with Gasteiger partial charge in [-0.2, -0.15) is 26.3 Å². The number of rotatable bonds is 9. The van der Waals surface area contributed by atoms with Crippen LogP contribution in [0.1, 0.15) is 49.9 Å². The first-order chi connectivity index (χ1) is 19.7. The van der Waals surface area contributed by atoms with Crippen LogP contribution >= 0.6 is 0 Å². The summed E-state index contributed by atoms with van der Waals surface area (Å²) < 4.78 is 81.5. The lowest BCUT2D eigenvalue weighted by Gasteiger charge is -2.33. The van der Waals surface area contributed by atoms with Gasteiger partial charge in [-0.15, -0.1) is 0 Å². The van der Waals surface area contributed by atoms with E-state index < -0.39 is 52.6 Å². The molecular weight excluding hydrogens is 576 g/mol. The van der Waals surface area contributed by atoms with E-state index in [1.54, 1.807) is 36.9 Å². The second-order valence-corrected chi connectivity index (χ2v) is 11.3. The Kier molecular flexibility index (Phi) is 9.87. The maximum atomic E-state index is 13.9. The number of anilines is 2. The Morgan fingerprint density at radius 1 is 0.837 bits per heavy atom. The highest BCUT2D eigenvalue weighted by Gasteiger charge is 2.41. The number of pyridine rings is 1. The number of nitrogens with zero attached hydrogens (tertiary/aromatic N) is 3. The Labute approximate surface area is 246 Å². The normalized spacial score (nSPS) is 13.9. The smallest absolute Gasteiger partial charge is 0.392 e. The van der Waals surface area contributed by atoms with Crippen molar-refractivity contribution in [3.05, 3.63) is 77.0 Å². The predicted molar refractivity (Wildman–Crippen MR) is 153 cm³/mol. The van der Waals surface area contributed by atoms with Crippen molar-refractivity contribution < 1.29 is 41.4 Å². The fourth-order valence-corrected chi connectivity index (χ4v) is 4.84. The van der Waals surface area contributed by atoms with E-state index in [-0.39, 0.29) is 24.8 Å². The van der Waals surface area contributed by atoms with Crippen molar-refractivity contribution in [3.8, 4) is 11.1 Å². The number of carbonyl (C=O) groups excluding carboxylic acids is 1. The van der Waals surface area contributed by atoms with Gasteiger partial charge in [0.2, 0.25) is 5.91 Å². The minimum atomic E-state index is -5.07. The van der Waals surface area contributed by atoms with Crippen LogP contribution in [0.3, 0.4) is 0 Å². The van der Waals surface area contributed by atoms with Crippen molar-refractivity contribution in [2.75, 3.05) is 29.9 Å². The van der Waals surface area contributed by atoms with Crippen LogP contribution < -0.4 is 9.80 Å². The minimum Gasteiger partial charge on any atom is -0.392 e. The minimum absolute atomic E-state index is 0.0267. The molecule has 2 atom stereocenters. The number of benzene rings is 2. The standard InChI is InChI=1S/C31H35F6N3O3/c1-18-9-7-8-10-24(18)25-14-27(40(16-19(2)41)17-20(3)42)38-15-26(25)39(6)28(43)29(4,5)21-11-22(30(32,33)34)13-23(12-21)31(35,36)37/h7-15,19-20,41-42H,16-17H2,1-6H3. The van der Waals surface area contributed by atoms with Gasteiger partial charge in [0.05, 0.1) is 40.6 Å². The molecule has 3 aromatic rings. The number of aromatic nitrogens is 1. The Morgan fingerprint density at radius 3 is 1.79 bits per heavy atom. The SMILES string of the molecule is Cc1ccccc1-c1cc(N(CC(C)O)CC(C)O)ncc1N(C)C(=O)C(C)(C)c1cc(C(F)(F)F)cc(C(F)(F)F)c1. The van der Waals surface area contributed by atoms with Crippen LogP contribution in [0.2, 0.25) is 0 Å². The third-order valence-electron chi connectivity index (χ3n) is 7.11. The fourth-order valence-electron chi connectivity index (χ4n) is 4.84. The van der Waals surface area contributed by atoms with Gasteiger partial charge in [0, 0.05) is 25.7 Å². The second-order valence-electron chi connectivity index (χ2n) is 11.3. The third kappa shape index (κ3) is 7.85. The molecule has 0 saturated heterocycles. The van der Waals surface area contributed by atoms with Gasteiger partial charge in [0.15, 0.2) is 0 Å². The molecule has 2 aromatic carbocycles. The summed E-state index contributed by atoms with van der Waals surface area (Å²) in [6, 6.07) is 10.1. The molecule has 43 heavy (non-hydrogen) atoms. The molecule has 12 heteroatoms. The van der Waals surface area contributed by atoms with Crippen LogP contribution in [0.25, 0.3) is 11.1 Å². The van der Waals surface area contributed by atoms with E-state index in [2.05, 4.69) is 4.98 Å². The van der Waals surface area contributed by atoms with Crippen molar-refractivity contribution >= 4 is 17.4 Å². The Bertz CT molecular complexity index is 1410. The molecule has 6 nitrogen and oxygen atoms in total. The molecular formula is C31H35F6N3O3. The molecule has 2 N–H and O–H groups in total. The highest BCUT2D eigenvalue weighted by Crippen LogP contribution is 2.41. The second kappa shape index (κ2) is 12.5. The van der Waals surface area contributed by atoms with Crippen LogP contribution in [0, 0.1) is 6.92 Å². The van der Waals surface area contributed by atoms with Crippen molar-refractivity contribution in [1.82, 2.24) is 4.98 Å². The molecule has 0 aliphatic rings. The number of amides is 1. The number of carbonyl (C=O) groups is 1. The molecule has 1 heterocycles. The Morgan fingerprint density at radius 2 is 1.33 bits per heavy atom. The molecule has 0 aliphatic carbocycles. The van der Waals surface area contributed by atoms with E-state index in [9.17, 15) is 41.4 Å². The van der Waals surface area contributed by atoms with E-state index in [0.29, 0.717) is 29.1 Å². The van der Waals surface area contributed by atoms with Crippen LogP contribution in [-0.4, -0.2) is 53.4 Å². The van der Waals surface area contributed by atoms with Crippen molar-refractivity contribution in [2.24, 2.45) is 0 Å². The average molecular weight is 612 g/mol. The van der Waals surface area contributed by atoms with Gasteiger partial charge in [0.1, 0.15) is 5.82 Å². The zero-order valence-electron chi connectivity index (χ0n) is 24.7. The number of hydrogen-bond donors (Lipinski definition) is 2. The maximum Gasteiger partial charge on any atom is 0.416 e.